The molecular weight excluding hydrogens is 232 g/mol. The van der Waals surface area contributed by atoms with Crippen molar-refractivity contribution in [2.75, 3.05) is 13.1 Å². The van der Waals surface area contributed by atoms with Gasteiger partial charge in [0.15, 0.2) is 0 Å². The Morgan fingerprint density at radius 1 is 1.28 bits per heavy atom. The molecule has 0 saturated carbocycles. The fourth-order valence-electron chi connectivity index (χ4n) is 2.19. The number of nitrogens with zero attached hydrogens (tertiary/aromatic N) is 1. The van der Waals surface area contributed by atoms with Gasteiger partial charge in [-0.25, -0.2) is 4.79 Å². The molecule has 1 aliphatic rings. The minimum Gasteiger partial charge on any atom is -0.368 e. The van der Waals surface area contributed by atoms with Gasteiger partial charge >= 0.3 is 6.03 Å². The minimum absolute atomic E-state index is 0.115. The van der Waals surface area contributed by atoms with Crippen LogP contribution in [0.4, 0.5) is 4.79 Å². The van der Waals surface area contributed by atoms with Crippen LogP contribution < -0.4 is 16.8 Å². The van der Waals surface area contributed by atoms with Gasteiger partial charge in [-0.05, 0) is 25.7 Å². The highest BCUT2D eigenvalue weighted by atomic mass is 16.2. The van der Waals surface area contributed by atoms with E-state index >= 15 is 0 Å². The first-order valence-corrected chi connectivity index (χ1v) is 6.39. The molecule has 1 saturated heterocycles. The predicted octanol–water partition coefficient (Wildman–Crippen LogP) is 0.0191. The lowest BCUT2D eigenvalue weighted by atomic mass is 9.86. The molecule has 0 radical (unpaired) electrons. The van der Waals surface area contributed by atoms with Crippen LogP contribution in [-0.4, -0.2) is 41.5 Å². The highest BCUT2D eigenvalue weighted by Gasteiger charge is 2.37. The van der Waals surface area contributed by atoms with E-state index in [1.165, 1.54) is 0 Å². The first-order chi connectivity index (χ1) is 8.27. The zero-order valence-electron chi connectivity index (χ0n) is 11.4. The summed E-state index contributed by atoms with van der Waals surface area (Å²) in [7, 11) is 0. The number of carbonyl (C=O) groups excluding carboxylic acids is 2. The number of primary amides is 2. The van der Waals surface area contributed by atoms with E-state index in [0.717, 1.165) is 12.8 Å². The van der Waals surface area contributed by atoms with Crippen molar-refractivity contribution in [3.05, 3.63) is 0 Å². The zero-order chi connectivity index (χ0) is 13.9. The number of nitrogens with two attached hydrogens (primary N) is 2. The zero-order valence-corrected chi connectivity index (χ0v) is 11.4. The van der Waals surface area contributed by atoms with E-state index in [2.05, 4.69) is 5.32 Å². The Morgan fingerprint density at radius 2 is 1.78 bits per heavy atom. The average molecular weight is 256 g/mol. The summed E-state index contributed by atoms with van der Waals surface area (Å²) in [6, 6.07) is -0.185. The Balaban J connectivity index is 2.58. The van der Waals surface area contributed by atoms with Crippen molar-refractivity contribution in [3.8, 4) is 0 Å². The van der Waals surface area contributed by atoms with E-state index in [-0.39, 0.29) is 23.9 Å². The van der Waals surface area contributed by atoms with Crippen molar-refractivity contribution in [1.29, 1.82) is 0 Å². The average Bonchev–Trinajstić information content (AvgIpc) is 2.29. The quantitative estimate of drug-likeness (QED) is 0.660. The molecule has 1 aliphatic heterocycles. The minimum atomic E-state index is -0.709. The third-order valence-corrected chi connectivity index (χ3v) is 3.98. The summed E-state index contributed by atoms with van der Waals surface area (Å²) in [5, 5.41) is 3.34. The largest absolute Gasteiger partial charge is 0.368 e. The van der Waals surface area contributed by atoms with Crippen molar-refractivity contribution in [2.45, 2.75) is 45.2 Å². The smallest absolute Gasteiger partial charge is 0.314 e. The molecule has 6 heteroatoms. The molecule has 0 aromatic heterocycles. The number of likely N-dealkylation sites (tertiary alicyclic amines) is 1. The van der Waals surface area contributed by atoms with E-state index in [1.807, 2.05) is 20.8 Å². The van der Waals surface area contributed by atoms with Crippen molar-refractivity contribution < 1.29 is 9.59 Å². The van der Waals surface area contributed by atoms with Gasteiger partial charge in [-0.2, -0.15) is 0 Å². The summed E-state index contributed by atoms with van der Waals surface area (Å²) >= 11 is 0. The first kappa shape index (κ1) is 14.8. The molecule has 1 heterocycles. The van der Waals surface area contributed by atoms with Crippen LogP contribution in [0.5, 0.6) is 0 Å². The maximum Gasteiger partial charge on any atom is 0.314 e. The predicted molar refractivity (Wildman–Crippen MR) is 69.8 cm³/mol. The van der Waals surface area contributed by atoms with Gasteiger partial charge in [-0.3, -0.25) is 4.79 Å². The highest BCUT2D eigenvalue weighted by Crippen LogP contribution is 2.20. The topological polar surface area (TPSA) is 101 Å². The van der Waals surface area contributed by atoms with Crippen LogP contribution in [0.15, 0.2) is 0 Å². The molecule has 0 bridgehead atoms. The molecule has 1 atom stereocenters. The number of piperidine rings is 1. The highest BCUT2D eigenvalue weighted by molar-refractivity contribution is 5.84. The lowest BCUT2D eigenvalue weighted by Gasteiger charge is -2.39. The van der Waals surface area contributed by atoms with Crippen LogP contribution in [0.1, 0.15) is 33.6 Å². The molecule has 1 fully saturated rings. The number of carbonyl (C=O) groups is 2. The first-order valence-electron chi connectivity index (χ1n) is 6.39. The van der Waals surface area contributed by atoms with Crippen LogP contribution >= 0.6 is 0 Å². The van der Waals surface area contributed by atoms with Gasteiger partial charge in [0.1, 0.15) is 0 Å². The maximum absolute atomic E-state index is 11.6. The van der Waals surface area contributed by atoms with Crippen molar-refractivity contribution >= 4 is 11.9 Å². The summed E-state index contributed by atoms with van der Waals surface area (Å²) in [5.74, 6) is -0.223. The van der Waals surface area contributed by atoms with Crippen molar-refractivity contribution in [3.63, 3.8) is 0 Å². The Morgan fingerprint density at radius 3 is 2.11 bits per heavy atom. The molecule has 0 spiro atoms. The summed E-state index contributed by atoms with van der Waals surface area (Å²) in [5.41, 5.74) is 10.00. The van der Waals surface area contributed by atoms with E-state index in [0.29, 0.717) is 13.1 Å². The molecule has 0 aliphatic carbocycles. The summed E-state index contributed by atoms with van der Waals surface area (Å²) in [6.07, 6.45) is 1.58. The molecule has 5 N–H and O–H groups in total. The summed E-state index contributed by atoms with van der Waals surface area (Å²) < 4.78 is 0. The molecular formula is C12H24N4O2. The molecule has 1 unspecified atom stereocenters. The van der Waals surface area contributed by atoms with E-state index in [1.54, 1.807) is 4.90 Å². The van der Waals surface area contributed by atoms with Crippen LogP contribution in [0.3, 0.4) is 0 Å². The Hall–Kier alpha value is -1.30. The second-order valence-electron chi connectivity index (χ2n) is 5.47. The Bertz CT molecular complexity index is 324. The number of amides is 3. The van der Waals surface area contributed by atoms with Gasteiger partial charge in [-0.15, -0.1) is 0 Å². The van der Waals surface area contributed by atoms with E-state index < -0.39 is 5.54 Å². The Kier molecular flexibility index (Phi) is 4.56. The molecule has 3 amide bonds. The summed E-state index contributed by atoms with van der Waals surface area (Å²) in [4.78, 5) is 24.2. The number of urea groups is 1. The van der Waals surface area contributed by atoms with Crippen molar-refractivity contribution in [1.82, 2.24) is 10.2 Å². The van der Waals surface area contributed by atoms with Crippen LogP contribution in [0, 0.1) is 5.92 Å². The van der Waals surface area contributed by atoms with E-state index in [9.17, 15) is 9.59 Å². The molecule has 6 nitrogen and oxygen atoms in total. The number of hydrogen-bond acceptors (Lipinski definition) is 3. The normalized spacial score (nSPS) is 20.8. The molecule has 18 heavy (non-hydrogen) atoms. The fraction of sp³-hybridized carbons (Fsp3) is 0.833. The van der Waals surface area contributed by atoms with E-state index in [4.69, 9.17) is 11.5 Å². The van der Waals surface area contributed by atoms with Gasteiger partial charge in [0.25, 0.3) is 0 Å². The second-order valence-corrected chi connectivity index (χ2v) is 5.47. The van der Waals surface area contributed by atoms with Gasteiger partial charge in [0.05, 0.1) is 5.54 Å². The van der Waals surface area contributed by atoms with Gasteiger partial charge in [0, 0.05) is 19.1 Å². The van der Waals surface area contributed by atoms with Crippen LogP contribution in [-0.2, 0) is 4.79 Å². The lowest BCUT2D eigenvalue weighted by molar-refractivity contribution is -0.126. The van der Waals surface area contributed by atoms with Crippen LogP contribution in [0.25, 0.3) is 0 Å². The number of rotatable bonds is 4. The third kappa shape index (κ3) is 3.13. The molecule has 0 aromatic carbocycles. The monoisotopic (exact) mass is 256 g/mol. The summed E-state index contributed by atoms with van der Waals surface area (Å²) in [6.45, 7) is 7.02. The van der Waals surface area contributed by atoms with Crippen molar-refractivity contribution in [2.24, 2.45) is 17.4 Å². The van der Waals surface area contributed by atoms with Gasteiger partial charge < -0.3 is 21.7 Å². The maximum atomic E-state index is 11.6. The fourth-order valence-corrected chi connectivity index (χ4v) is 2.19. The standard InChI is InChI=1S/C12H24N4O2/c1-8(2)12(3,10(13)17)15-9-4-6-16(7-5-9)11(14)18/h8-9,15H,4-7H2,1-3H3,(H2,13,17)(H2,14,18). The molecule has 1 rings (SSSR count). The van der Waals surface area contributed by atoms with Gasteiger partial charge in [0.2, 0.25) is 5.91 Å². The molecule has 104 valence electrons. The van der Waals surface area contributed by atoms with Gasteiger partial charge in [-0.1, -0.05) is 13.8 Å². The lowest BCUT2D eigenvalue weighted by Crippen LogP contribution is -2.61. The Labute approximate surface area is 108 Å². The molecule has 0 aromatic rings. The number of hydrogen-bond donors (Lipinski definition) is 3. The number of nitrogens with one attached hydrogen (secondary N) is 1. The SMILES string of the molecule is CC(C)C(C)(NC1CCN(C(N)=O)CC1)C(N)=O. The van der Waals surface area contributed by atoms with Crippen LogP contribution in [0.2, 0.25) is 0 Å². The second kappa shape index (κ2) is 5.56. The third-order valence-electron chi connectivity index (χ3n) is 3.98.